The molecular formula is C13H17F2NO3. The summed E-state index contributed by atoms with van der Waals surface area (Å²) in [6, 6.07) is 1.66. The zero-order chi connectivity index (χ0) is 14.0. The van der Waals surface area contributed by atoms with Crippen molar-refractivity contribution in [1.29, 1.82) is 0 Å². The zero-order valence-corrected chi connectivity index (χ0v) is 11.0. The number of halogens is 2. The molecule has 0 unspecified atom stereocenters. The molecule has 6 heteroatoms. The van der Waals surface area contributed by atoms with E-state index in [1.807, 2.05) is 13.8 Å². The van der Waals surface area contributed by atoms with Gasteiger partial charge in [-0.2, -0.15) is 0 Å². The Hall–Kier alpha value is -1.43. The fourth-order valence-electron chi connectivity index (χ4n) is 2.14. The van der Waals surface area contributed by atoms with Crippen LogP contribution in [-0.4, -0.2) is 43.0 Å². The van der Waals surface area contributed by atoms with Crippen molar-refractivity contribution >= 4 is 5.91 Å². The van der Waals surface area contributed by atoms with Crippen LogP contribution in [-0.2, 0) is 11.2 Å². The number of ether oxygens (including phenoxy) is 1. The van der Waals surface area contributed by atoms with Gasteiger partial charge in [-0.1, -0.05) is 6.92 Å². The van der Waals surface area contributed by atoms with Gasteiger partial charge in [-0.3, -0.25) is 4.79 Å². The van der Waals surface area contributed by atoms with Crippen molar-refractivity contribution in [2.45, 2.75) is 32.8 Å². The number of furan rings is 1. The van der Waals surface area contributed by atoms with Gasteiger partial charge in [0.1, 0.15) is 11.9 Å². The van der Waals surface area contributed by atoms with E-state index in [9.17, 15) is 13.6 Å². The predicted molar refractivity (Wildman–Crippen MR) is 64.5 cm³/mol. The first-order valence-electron chi connectivity index (χ1n) is 6.31. The second-order valence-corrected chi connectivity index (χ2v) is 4.57. The van der Waals surface area contributed by atoms with Crippen molar-refractivity contribution in [3.8, 4) is 0 Å². The van der Waals surface area contributed by atoms with Crippen molar-refractivity contribution in [3.05, 3.63) is 23.2 Å². The first-order valence-corrected chi connectivity index (χ1v) is 6.31. The highest BCUT2D eigenvalue weighted by molar-refractivity contribution is 5.91. The minimum Gasteiger partial charge on any atom is -0.456 e. The molecule has 1 aliphatic heterocycles. The minimum absolute atomic E-state index is 0.0995. The third-order valence-corrected chi connectivity index (χ3v) is 3.21. The summed E-state index contributed by atoms with van der Waals surface area (Å²) in [6.45, 7) is 4.13. The normalized spacial score (nSPS) is 20.1. The summed E-state index contributed by atoms with van der Waals surface area (Å²) in [6.07, 6.45) is -3.10. The Morgan fingerprint density at radius 1 is 1.58 bits per heavy atom. The maximum absolute atomic E-state index is 12.6. The molecule has 1 aliphatic rings. The number of alkyl halides is 2. The largest absolute Gasteiger partial charge is 0.456 e. The minimum atomic E-state index is -2.58. The molecule has 0 radical (unpaired) electrons. The van der Waals surface area contributed by atoms with Crippen molar-refractivity contribution < 1.29 is 22.7 Å². The van der Waals surface area contributed by atoms with Gasteiger partial charge in [0.15, 0.2) is 5.76 Å². The number of amides is 1. The Bertz CT molecular complexity index is 459. The van der Waals surface area contributed by atoms with E-state index in [0.717, 1.165) is 11.3 Å². The number of aryl methyl sites for hydroxylation is 2. The Balaban J connectivity index is 2.10. The van der Waals surface area contributed by atoms with Crippen LogP contribution in [0.25, 0.3) is 0 Å². The molecule has 0 spiro atoms. The van der Waals surface area contributed by atoms with Gasteiger partial charge in [0.2, 0.25) is 0 Å². The zero-order valence-electron chi connectivity index (χ0n) is 11.0. The maximum atomic E-state index is 12.6. The van der Waals surface area contributed by atoms with Crippen molar-refractivity contribution in [2.75, 3.05) is 19.7 Å². The summed E-state index contributed by atoms with van der Waals surface area (Å²) in [7, 11) is 0. The van der Waals surface area contributed by atoms with E-state index in [1.54, 1.807) is 6.07 Å². The van der Waals surface area contributed by atoms with Gasteiger partial charge in [0, 0.05) is 13.0 Å². The summed E-state index contributed by atoms with van der Waals surface area (Å²) in [5.41, 5.74) is 0.907. The molecule has 1 aromatic heterocycles. The van der Waals surface area contributed by atoms with Crippen molar-refractivity contribution in [3.63, 3.8) is 0 Å². The van der Waals surface area contributed by atoms with E-state index >= 15 is 0 Å². The van der Waals surface area contributed by atoms with E-state index in [0.29, 0.717) is 13.0 Å². The fraction of sp³-hybridized carbons (Fsp3) is 0.615. The molecule has 106 valence electrons. The average Bonchev–Trinajstić information content (AvgIpc) is 2.79. The van der Waals surface area contributed by atoms with Crippen LogP contribution in [0, 0.1) is 6.92 Å². The molecule has 1 atom stereocenters. The number of hydrogen-bond acceptors (Lipinski definition) is 3. The molecule has 0 N–H and O–H groups in total. The molecule has 0 aliphatic carbocycles. The topological polar surface area (TPSA) is 42.7 Å². The smallest absolute Gasteiger partial charge is 0.289 e. The number of hydrogen-bond donors (Lipinski definition) is 0. The monoisotopic (exact) mass is 273 g/mol. The summed E-state index contributed by atoms with van der Waals surface area (Å²) < 4.78 is 35.6. The summed E-state index contributed by atoms with van der Waals surface area (Å²) in [4.78, 5) is 13.5. The molecule has 1 fully saturated rings. The van der Waals surface area contributed by atoms with E-state index in [2.05, 4.69) is 0 Å². The lowest BCUT2D eigenvalue weighted by Gasteiger charge is -2.31. The lowest BCUT2D eigenvalue weighted by Crippen LogP contribution is -2.48. The molecular weight excluding hydrogens is 256 g/mol. The molecule has 1 aromatic rings. The molecule has 0 saturated carbocycles. The van der Waals surface area contributed by atoms with Crippen LogP contribution in [0.3, 0.4) is 0 Å². The van der Waals surface area contributed by atoms with Crippen LogP contribution in [0.15, 0.2) is 10.5 Å². The van der Waals surface area contributed by atoms with E-state index in [1.165, 1.54) is 4.90 Å². The molecule has 4 nitrogen and oxygen atoms in total. The Kier molecular flexibility index (Phi) is 4.19. The van der Waals surface area contributed by atoms with Gasteiger partial charge in [-0.25, -0.2) is 8.78 Å². The van der Waals surface area contributed by atoms with E-state index in [4.69, 9.17) is 9.15 Å². The third kappa shape index (κ3) is 2.94. The Morgan fingerprint density at radius 3 is 2.89 bits per heavy atom. The Labute approximate surface area is 110 Å². The van der Waals surface area contributed by atoms with Crippen molar-refractivity contribution in [2.24, 2.45) is 0 Å². The molecule has 2 heterocycles. The van der Waals surface area contributed by atoms with Crippen molar-refractivity contribution in [1.82, 2.24) is 4.90 Å². The molecule has 19 heavy (non-hydrogen) atoms. The number of nitrogens with zero attached hydrogens (tertiary/aromatic N) is 1. The SMILES string of the molecule is CCc1oc(C(=O)N2CCO[C@@H](C(F)F)C2)cc1C. The van der Waals surface area contributed by atoms with E-state index < -0.39 is 12.5 Å². The highest BCUT2D eigenvalue weighted by Gasteiger charge is 2.32. The van der Waals surface area contributed by atoms with Crippen LogP contribution < -0.4 is 0 Å². The first-order chi connectivity index (χ1) is 9.02. The van der Waals surface area contributed by atoms with Gasteiger partial charge in [-0.05, 0) is 18.6 Å². The summed E-state index contributed by atoms with van der Waals surface area (Å²) >= 11 is 0. The maximum Gasteiger partial charge on any atom is 0.289 e. The lowest BCUT2D eigenvalue weighted by molar-refractivity contribution is -0.0946. The summed E-state index contributed by atoms with van der Waals surface area (Å²) in [5, 5.41) is 0. The van der Waals surface area contributed by atoms with Gasteiger partial charge in [0.05, 0.1) is 13.2 Å². The van der Waals surface area contributed by atoms with E-state index in [-0.39, 0.29) is 24.8 Å². The fourth-order valence-corrected chi connectivity index (χ4v) is 2.14. The average molecular weight is 273 g/mol. The first kappa shape index (κ1) is 14.0. The summed E-state index contributed by atoms with van der Waals surface area (Å²) in [5.74, 6) is 0.614. The van der Waals surface area contributed by atoms with Gasteiger partial charge in [0.25, 0.3) is 12.3 Å². The third-order valence-electron chi connectivity index (χ3n) is 3.21. The van der Waals surface area contributed by atoms with Gasteiger partial charge in [-0.15, -0.1) is 0 Å². The number of rotatable bonds is 3. The van der Waals surface area contributed by atoms with Crippen LogP contribution in [0.5, 0.6) is 0 Å². The molecule has 0 bridgehead atoms. The number of carbonyl (C=O) groups is 1. The molecule has 1 saturated heterocycles. The van der Waals surface area contributed by atoms with Crippen LogP contribution in [0.4, 0.5) is 8.78 Å². The molecule has 0 aromatic carbocycles. The van der Waals surface area contributed by atoms with Crippen LogP contribution in [0.2, 0.25) is 0 Å². The standard InChI is InChI=1S/C13H17F2NO3/c1-3-9-8(2)6-10(19-9)13(17)16-4-5-18-11(7-16)12(14)15/h6,11-12H,3-5,7H2,1-2H3/t11-/m1/s1. The van der Waals surface area contributed by atoms with Gasteiger partial charge >= 0.3 is 0 Å². The second kappa shape index (κ2) is 5.69. The Morgan fingerprint density at radius 2 is 2.32 bits per heavy atom. The van der Waals surface area contributed by atoms with Gasteiger partial charge < -0.3 is 14.1 Å². The number of morpholine rings is 1. The highest BCUT2D eigenvalue weighted by Crippen LogP contribution is 2.19. The molecule has 2 rings (SSSR count). The lowest BCUT2D eigenvalue weighted by atomic mass is 10.2. The molecule has 1 amide bonds. The highest BCUT2D eigenvalue weighted by atomic mass is 19.3. The predicted octanol–water partition coefficient (Wildman–Crippen LogP) is 2.26. The second-order valence-electron chi connectivity index (χ2n) is 4.57. The number of carbonyl (C=O) groups excluding carboxylic acids is 1. The van der Waals surface area contributed by atoms with Crippen LogP contribution >= 0.6 is 0 Å². The van der Waals surface area contributed by atoms with Crippen LogP contribution in [0.1, 0.15) is 28.8 Å². The quantitative estimate of drug-likeness (QED) is 0.848.